The van der Waals surface area contributed by atoms with E-state index >= 15 is 0 Å². The number of benzene rings is 1. The van der Waals surface area contributed by atoms with Crippen LogP contribution in [0.25, 0.3) is 0 Å². The summed E-state index contributed by atoms with van der Waals surface area (Å²) in [6.45, 7) is 8.60. The highest BCUT2D eigenvalue weighted by atomic mass is 79.9. The smallest absolute Gasteiger partial charge is 0.337 e. The summed E-state index contributed by atoms with van der Waals surface area (Å²) in [6.07, 6.45) is 6.97. The van der Waals surface area contributed by atoms with E-state index in [1.165, 1.54) is 30.2 Å². The minimum Gasteiger partial charge on any atom is -0.465 e. The molecule has 0 N–H and O–H groups in total. The largest absolute Gasteiger partial charge is 0.465 e. The zero-order valence-corrected chi connectivity index (χ0v) is 17.4. The zero-order valence-electron chi connectivity index (χ0n) is 15.8. The summed E-state index contributed by atoms with van der Waals surface area (Å²) in [5.74, 6) is 0.443. The van der Waals surface area contributed by atoms with Crippen molar-refractivity contribution in [2.45, 2.75) is 47.0 Å². The Labute approximate surface area is 160 Å². The van der Waals surface area contributed by atoms with E-state index in [9.17, 15) is 4.79 Å². The van der Waals surface area contributed by atoms with Gasteiger partial charge in [-0.2, -0.15) is 0 Å². The Morgan fingerprint density at radius 1 is 1.24 bits per heavy atom. The molecule has 136 valence electrons. The number of carbonyl (C=O) groups is 1. The van der Waals surface area contributed by atoms with Gasteiger partial charge in [0.1, 0.15) is 0 Å². The number of aryl methyl sites for hydroxylation is 3. The standard InChI is InChI=1S/C14H20O2.C7H8BrN/c1-10(2)5-6-12-7-8-13(9-11(12)3)14(15)16-4;1-2-6-3-7(8)5-9-4-6/h7-10H,5-6H2,1-4H3;3-5H,2H2,1H3. The van der Waals surface area contributed by atoms with Crippen LogP contribution < -0.4 is 0 Å². The average molecular weight is 406 g/mol. The molecule has 0 saturated heterocycles. The molecule has 0 aliphatic rings. The molecule has 0 bridgehead atoms. The Balaban J connectivity index is 0.000000293. The maximum absolute atomic E-state index is 11.3. The number of esters is 1. The third-order valence-corrected chi connectivity index (χ3v) is 4.36. The van der Waals surface area contributed by atoms with Crippen molar-refractivity contribution in [1.29, 1.82) is 0 Å². The molecule has 0 saturated carbocycles. The molecule has 4 heteroatoms. The first-order chi connectivity index (χ1) is 11.9. The third kappa shape index (κ3) is 7.82. The Morgan fingerprint density at radius 3 is 2.44 bits per heavy atom. The lowest BCUT2D eigenvalue weighted by atomic mass is 9.97. The number of pyridine rings is 1. The highest BCUT2D eigenvalue weighted by molar-refractivity contribution is 9.10. The minimum atomic E-state index is -0.265. The second-order valence-corrected chi connectivity index (χ2v) is 7.35. The van der Waals surface area contributed by atoms with Gasteiger partial charge < -0.3 is 4.74 Å². The van der Waals surface area contributed by atoms with E-state index in [1.807, 2.05) is 31.3 Å². The fraction of sp³-hybridized carbons (Fsp3) is 0.429. The number of halogens is 1. The summed E-state index contributed by atoms with van der Waals surface area (Å²) in [5, 5.41) is 0. The average Bonchev–Trinajstić information content (AvgIpc) is 2.60. The van der Waals surface area contributed by atoms with Crippen molar-refractivity contribution in [2.75, 3.05) is 7.11 Å². The van der Waals surface area contributed by atoms with E-state index in [-0.39, 0.29) is 5.97 Å². The van der Waals surface area contributed by atoms with Gasteiger partial charge in [0.05, 0.1) is 12.7 Å². The first kappa shape index (κ1) is 21.4. The van der Waals surface area contributed by atoms with Gasteiger partial charge in [-0.25, -0.2) is 4.79 Å². The van der Waals surface area contributed by atoms with Gasteiger partial charge in [-0.15, -0.1) is 0 Å². The molecular weight excluding hydrogens is 378 g/mol. The molecule has 0 fully saturated rings. The monoisotopic (exact) mass is 405 g/mol. The molecule has 0 aliphatic heterocycles. The zero-order chi connectivity index (χ0) is 18.8. The first-order valence-corrected chi connectivity index (χ1v) is 9.43. The van der Waals surface area contributed by atoms with Gasteiger partial charge in [0.15, 0.2) is 0 Å². The number of hydrogen-bond donors (Lipinski definition) is 0. The molecule has 0 unspecified atom stereocenters. The second kappa shape index (κ2) is 11.0. The molecule has 1 heterocycles. The SMILES string of the molecule is CCc1cncc(Br)c1.COC(=O)c1ccc(CCC(C)C)c(C)c1. The predicted octanol–water partition coefficient (Wildman–Crippen LogP) is 5.78. The Morgan fingerprint density at radius 2 is 1.96 bits per heavy atom. The fourth-order valence-electron chi connectivity index (χ4n) is 2.31. The third-order valence-electron chi connectivity index (χ3n) is 3.92. The van der Waals surface area contributed by atoms with E-state index in [1.54, 1.807) is 6.20 Å². The molecular formula is C21H28BrNO2. The second-order valence-electron chi connectivity index (χ2n) is 6.43. The molecule has 1 aromatic heterocycles. The lowest BCUT2D eigenvalue weighted by Crippen LogP contribution is -2.03. The van der Waals surface area contributed by atoms with Crippen LogP contribution in [0.3, 0.4) is 0 Å². The predicted molar refractivity (Wildman–Crippen MR) is 107 cm³/mol. The van der Waals surface area contributed by atoms with E-state index in [4.69, 9.17) is 4.74 Å². The van der Waals surface area contributed by atoms with E-state index in [2.05, 4.69) is 47.8 Å². The van der Waals surface area contributed by atoms with Crippen LogP contribution in [-0.2, 0) is 17.6 Å². The summed E-state index contributed by atoms with van der Waals surface area (Å²) in [7, 11) is 1.41. The summed E-state index contributed by atoms with van der Waals surface area (Å²) in [6, 6.07) is 7.85. The lowest BCUT2D eigenvalue weighted by Gasteiger charge is -2.09. The van der Waals surface area contributed by atoms with Crippen molar-refractivity contribution in [1.82, 2.24) is 4.98 Å². The van der Waals surface area contributed by atoms with E-state index in [0.717, 1.165) is 17.3 Å². The Kier molecular flexibility index (Phi) is 9.43. The minimum absolute atomic E-state index is 0.265. The number of rotatable bonds is 5. The number of methoxy groups -OCH3 is 1. The molecule has 3 nitrogen and oxygen atoms in total. The number of aromatic nitrogens is 1. The van der Waals surface area contributed by atoms with E-state index in [0.29, 0.717) is 11.5 Å². The lowest BCUT2D eigenvalue weighted by molar-refractivity contribution is 0.0600. The number of nitrogens with zero attached hydrogens (tertiary/aromatic N) is 1. The van der Waals surface area contributed by atoms with Crippen molar-refractivity contribution in [3.05, 3.63) is 63.4 Å². The topological polar surface area (TPSA) is 39.2 Å². The van der Waals surface area contributed by atoms with Crippen LogP contribution in [0, 0.1) is 12.8 Å². The maximum Gasteiger partial charge on any atom is 0.337 e. The Bertz CT molecular complexity index is 683. The van der Waals surface area contributed by atoms with Gasteiger partial charge >= 0.3 is 5.97 Å². The summed E-state index contributed by atoms with van der Waals surface area (Å²) >= 11 is 3.34. The van der Waals surface area contributed by atoms with Crippen molar-refractivity contribution in [2.24, 2.45) is 5.92 Å². The summed E-state index contributed by atoms with van der Waals surface area (Å²) in [5.41, 5.74) is 4.39. The molecule has 2 aromatic rings. The highest BCUT2D eigenvalue weighted by Gasteiger charge is 2.07. The fourth-order valence-corrected chi connectivity index (χ4v) is 2.73. The number of ether oxygens (including phenoxy) is 1. The van der Waals surface area contributed by atoms with Crippen LogP contribution in [0.1, 0.15) is 54.2 Å². The quantitative estimate of drug-likeness (QED) is 0.591. The van der Waals surface area contributed by atoms with E-state index < -0.39 is 0 Å². The van der Waals surface area contributed by atoms with Crippen molar-refractivity contribution in [3.63, 3.8) is 0 Å². The van der Waals surface area contributed by atoms with Gasteiger partial charge in [-0.1, -0.05) is 26.8 Å². The van der Waals surface area contributed by atoms with Crippen molar-refractivity contribution < 1.29 is 9.53 Å². The molecule has 25 heavy (non-hydrogen) atoms. The normalized spacial score (nSPS) is 10.2. The summed E-state index contributed by atoms with van der Waals surface area (Å²) in [4.78, 5) is 15.3. The number of hydrogen-bond acceptors (Lipinski definition) is 3. The first-order valence-electron chi connectivity index (χ1n) is 8.64. The molecule has 2 rings (SSSR count). The van der Waals surface area contributed by atoms with Crippen molar-refractivity contribution >= 4 is 21.9 Å². The van der Waals surface area contributed by atoms with Gasteiger partial charge in [-0.05, 0) is 82.9 Å². The van der Waals surface area contributed by atoms with Crippen LogP contribution in [0.2, 0.25) is 0 Å². The van der Waals surface area contributed by atoms with Crippen LogP contribution >= 0.6 is 15.9 Å². The summed E-state index contributed by atoms with van der Waals surface area (Å²) < 4.78 is 5.75. The molecule has 0 spiro atoms. The van der Waals surface area contributed by atoms with Crippen molar-refractivity contribution in [3.8, 4) is 0 Å². The molecule has 0 atom stereocenters. The molecule has 0 radical (unpaired) electrons. The molecule has 1 aromatic carbocycles. The Hall–Kier alpha value is -1.68. The highest BCUT2D eigenvalue weighted by Crippen LogP contribution is 2.16. The van der Waals surface area contributed by atoms with Crippen LogP contribution in [0.15, 0.2) is 41.1 Å². The number of carbonyl (C=O) groups excluding carboxylic acids is 1. The van der Waals surface area contributed by atoms with Gasteiger partial charge in [0, 0.05) is 16.9 Å². The van der Waals surface area contributed by atoms with Gasteiger partial charge in [0.25, 0.3) is 0 Å². The van der Waals surface area contributed by atoms with Crippen LogP contribution in [0.5, 0.6) is 0 Å². The molecule has 0 amide bonds. The van der Waals surface area contributed by atoms with Gasteiger partial charge in [0.2, 0.25) is 0 Å². The van der Waals surface area contributed by atoms with Crippen LogP contribution in [-0.4, -0.2) is 18.1 Å². The van der Waals surface area contributed by atoms with Crippen LogP contribution in [0.4, 0.5) is 0 Å². The molecule has 0 aliphatic carbocycles. The maximum atomic E-state index is 11.3. The van der Waals surface area contributed by atoms with Gasteiger partial charge in [-0.3, -0.25) is 4.98 Å².